The van der Waals surface area contributed by atoms with Crippen LogP contribution in [0.4, 0.5) is 0 Å². The summed E-state index contributed by atoms with van der Waals surface area (Å²) in [5.74, 6) is 0.445. The van der Waals surface area contributed by atoms with Gasteiger partial charge in [-0.3, -0.25) is 0 Å². The number of nitrogens with zero attached hydrogens (tertiary/aromatic N) is 3. The molecule has 1 fully saturated rings. The molecule has 1 saturated heterocycles. The van der Waals surface area contributed by atoms with Crippen molar-refractivity contribution in [2.24, 2.45) is 17.1 Å². The van der Waals surface area contributed by atoms with Crippen LogP contribution < -0.4 is 5.73 Å². The fraction of sp³-hybridized carbons (Fsp3) is 0.800. The van der Waals surface area contributed by atoms with Crippen molar-refractivity contribution < 1.29 is 0 Å². The van der Waals surface area contributed by atoms with Gasteiger partial charge in [-0.1, -0.05) is 20.8 Å². The molecule has 0 spiro atoms. The lowest BCUT2D eigenvalue weighted by Crippen LogP contribution is -2.39. The number of imidazole rings is 1. The minimum Gasteiger partial charge on any atom is -0.333 e. The molecule has 0 radical (unpaired) electrons. The van der Waals surface area contributed by atoms with Gasteiger partial charge in [-0.15, -0.1) is 0 Å². The van der Waals surface area contributed by atoms with E-state index in [0.717, 1.165) is 6.54 Å². The summed E-state index contributed by atoms with van der Waals surface area (Å²) in [6.07, 6.45) is 6.38. The zero-order chi connectivity index (χ0) is 14.0. The Bertz CT molecular complexity index is 402. The van der Waals surface area contributed by atoms with Gasteiger partial charge in [0.1, 0.15) is 0 Å². The largest absolute Gasteiger partial charge is 0.333 e. The molecule has 108 valence electrons. The Kier molecular flexibility index (Phi) is 4.31. The molecule has 1 aromatic heterocycles. The Morgan fingerprint density at radius 2 is 2.00 bits per heavy atom. The van der Waals surface area contributed by atoms with Crippen LogP contribution in [0.25, 0.3) is 0 Å². The monoisotopic (exact) mass is 264 g/mol. The highest BCUT2D eigenvalue weighted by molar-refractivity contribution is 5.06. The van der Waals surface area contributed by atoms with Crippen LogP contribution >= 0.6 is 0 Å². The summed E-state index contributed by atoms with van der Waals surface area (Å²) < 4.78 is 2.27. The second kappa shape index (κ2) is 5.63. The molecule has 0 bridgehead atoms. The Morgan fingerprint density at radius 3 is 2.58 bits per heavy atom. The van der Waals surface area contributed by atoms with E-state index < -0.39 is 0 Å². The Hall–Kier alpha value is -0.870. The fourth-order valence-corrected chi connectivity index (χ4v) is 2.81. The van der Waals surface area contributed by atoms with Gasteiger partial charge in [0.25, 0.3) is 0 Å². The number of rotatable bonds is 4. The van der Waals surface area contributed by atoms with Crippen molar-refractivity contribution in [3.05, 3.63) is 18.2 Å². The number of hydrogen-bond acceptors (Lipinski definition) is 3. The first-order valence-electron chi connectivity index (χ1n) is 7.35. The number of likely N-dealkylation sites (tertiary alicyclic amines) is 1. The summed E-state index contributed by atoms with van der Waals surface area (Å²) in [6.45, 7) is 10.1. The summed E-state index contributed by atoms with van der Waals surface area (Å²) in [5, 5.41) is 0. The van der Waals surface area contributed by atoms with Gasteiger partial charge in [0, 0.05) is 18.8 Å². The normalized spacial score (nSPS) is 21.8. The van der Waals surface area contributed by atoms with E-state index >= 15 is 0 Å². The summed E-state index contributed by atoms with van der Waals surface area (Å²) >= 11 is 0. The molecular formula is C15H28N4. The molecule has 1 atom stereocenters. The maximum Gasteiger partial charge on any atom is 0.0948 e. The molecule has 2 rings (SSSR count). The fourth-order valence-electron chi connectivity index (χ4n) is 2.81. The van der Waals surface area contributed by atoms with E-state index in [4.69, 9.17) is 5.73 Å². The molecule has 1 aliphatic rings. The molecule has 1 aromatic rings. The highest BCUT2D eigenvalue weighted by Gasteiger charge is 2.30. The van der Waals surface area contributed by atoms with Crippen LogP contribution in [0.1, 0.15) is 45.3 Å². The van der Waals surface area contributed by atoms with Crippen molar-refractivity contribution >= 4 is 0 Å². The molecule has 0 aliphatic carbocycles. The second-order valence-electron chi connectivity index (χ2n) is 6.83. The first kappa shape index (κ1) is 14.5. The lowest BCUT2D eigenvalue weighted by molar-refractivity contribution is 0.119. The van der Waals surface area contributed by atoms with Crippen molar-refractivity contribution in [1.82, 2.24) is 14.5 Å². The van der Waals surface area contributed by atoms with Crippen LogP contribution in [-0.2, 0) is 6.54 Å². The van der Waals surface area contributed by atoms with Gasteiger partial charge in [-0.25, -0.2) is 4.98 Å². The van der Waals surface area contributed by atoms with E-state index in [9.17, 15) is 0 Å². The van der Waals surface area contributed by atoms with E-state index in [1.54, 1.807) is 0 Å². The van der Waals surface area contributed by atoms with Crippen molar-refractivity contribution in [2.75, 3.05) is 20.1 Å². The average molecular weight is 264 g/mol. The molecule has 0 saturated carbocycles. The third kappa shape index (κ3) is 3.37. The highest BCUT2D eigenvalue weighted by atomic mass is 15.1. The summed E-state index contributed by atoms with van der Waals surface area (Å²) in [5.41, 5.74) is 7.83. The highest BCUT2D eigenvalue weighted by Crippen LogP contribution is 2.33. The van der Waals surface area contributed by atoms with Gasteiger partial charge in [0.2, 0.25) is 0 Å². The van der Waals surface area contributed by atoms with Gasteiger partial charge in [0.15, 0.2) is 0 Å². The number of piperidine rings is 1. The van der Waals surface area contributed by atoms with E-state index in [1.165, 1.54) is 31.6 Å². The van der Waals surface area contributed by atoms with Crippen molar-refractivity contribution in [2.45, 2.75) is 46.2 Å². The first-order chi connectivity index (χ1) is 8.91. The van der Waals surface area contributed by atoms with Crippen LogP contribution in [0, 0.1) is 11.3 Å². The third-order valence-corrected chi connectivity index (χ3v) is 4.55. The van der Waals surface area contributed by atoms with Gasteiger partial charge in [-0.2, -0.15) is 0 Å². The zero-order valence-corrected chi connectivity index (χ0v) is 12.8. The van der Waals surface area contributed by atoms with E-state index in [2.05, 4.69) is 42.3 Å². The van der Waals surface area contributed by atoms with E-state index in [-0.39, 0.29) is 6.04 Å². The Labute approximate surface area is 117 Å². The SMILES string of the molecule is CC(C)C(N)c1cncn1CC1(C)CCN(C)CC1. The van der Waals surface area contributed by atoms with Crippen LogP contribution in [0.3, 0.4) is 0 Å². The maximum absolute atomic E-state index is 6.28. The minimum absolute atomic E-state index is 0.0809. The topological polar surface area (TPSA) is 47.1 Å². The van der Waals surface area contributed by atoms with Gasteiger partial charge >= 0.3 is 0 Å². The molecule has 1 unspecified atom stereocenters. The molecular weight excluding hydrogens is 236 g/mol. The summed E-state index contributed by atoms with van der Waals surface area (Å²) in [6, 6.07) is 0.0809. The number of aromatic nitrogens is 2. The van der Waals surface area contributed by atoms with Gasteiger partial charge < -0.3 is 15.2 Å². The summed E-state index contributed by atoms with van der Waals surface area (Å²) in [4.78, 5) is 6.72. The molecule has 2 heterocycles. The number of nitrogens with two attached hydrogens (primary N) is 1. The minimum atomic E-state index is 0.0809. The number of hydrogen-bond donors (Lipinski definition) is 1. The van der Waals surface area contributed by atoms with Crippen LogP contribution in [0.5, 0.6) is 0 Å². The first-order valence-corrected chi connectivity index (χ1v) is 7.35. The molecule has 2 N–H and O–H groups in total. The van der Waals surface area contributed by atoms with Crippen molar-refractivity contribution in [3.8, 4) is 0 Å². The predicted molar refractivity (Wildman–Crippen MR) is 78.8 cm³/mol. The van der Waals surface area contributed by atoms with Crippen LogP contribution in [-0.4, -0.2) is 34.6 Å². The standard InChI is InChI=1S/C15H28N4/c1-12(2)14(16)13-9-17-11-19(13)10-15(3)5-7-18(4)8-6-15/h9,11-12,14H,5-8,10,16H2,1-4H3. The van der Waals surface area contributed by atoms with E-state index in [1.807, 2.05) is 12.5 Å². The summed E-state index contributed by atoms with van der Waals surface area (Å²) in [7, 11) is 2.21. The molecule has 0 aromatic carbocycles. The van der Waals surface area contributed by atoms with Gasteiger partial charge in [0.05, 0.1) is 12.0 Å². The smallest absolute Gasteiger partial charge is 0.0948 e. The molecule has 4 nitrogen and oxygen atoms in total. The van der Waals surface area contributed by atoms with Crippen LogP contribution in [0.15, 0.2) is 12.5 Å². The molecule has 19 heavy (non-hydrogen) atoms. The quantitative estimate of drug-likeness (QED) is 0.907. The molecule has 0 amide bonds. The van der Waals surface area contributed by atoms with Gasteiger partial charge in [-0.05, 0) is 44.3 Å². The van der Waals surface area contributed by atoms with Crippen LogP contribution in [0.2, 0.25) is 0 Å². The lowest BCUT2D eigenvalue weighted by Gasteiger charge is -2.38. The Balaban J connectivity index is 2.09. The van der Waals surface area contributed by atoms with Crippen molar-refractivity contribution in [3.63, 3.8) is 0 Å². The maximum atomic E-state index is 6.28. The van der Waals surface area contributed by atoms with E-state index in [0.29, 0.717) is 11.3 Å². The third-order valence-electron chi connectivity index (χ3n) is 4.55. The molecule has 4 heteroatoms. The molecule has 1 aliphatic heterocycles. The van der Waals surface area contributed by atoms with Crippen molar-refractivity contribution in [1.29, 1.82) is 0 Å². The zero-order valence-electron chi connectivity index (χ0n) is 12.8. The predicted octanol–water partition coefficient (Wildman–Crippen LogP) is 2.27. The lowest BCUT2D eigenvalue weighted by atomic mass is 9.80. The second-order valence-corrected chi connectivity index (χ2v) is 6.83. The average Bonchev–Trinajstić information content (AvgIpc) is 2.80. The Morgan fingerprint density at radius 1 is 1.37 bits per heavy atom.